The number of ether oxygens (including phenoxy) is 1. The number of allylic oxidation sites excluding steroid dienone is 2. The van der Waals surface area contributed by atoms with Gasteiger partial charge < -0.3 is 4.74 Å². The van der Waals surface area contributed by atoms with E-state index >= 15 is 0 Å². The second kappa shape index (κ2) is 4.66. The van der Waals surface area contributed by atoms with Gasteiger partial charge in [-0.2, -0.15) is 0 Å². The summed E-state index contributed by atoms with van der Waals surface area (Å²) in [5.74, 6) is 0.423. The predicted octanol–water partition coefficient (Wildman–Crippen LogP) is 5.91. The average Bonchev–Trinajstić information content (AvgIpc) is 2.70. The molecule has 0 saturated carbocycles. The quantitative estimate of drug-likeness (QED) is 0.464. The highest BCUT2D eigenvalue weighted by Crippen LogP contribution is 2.49. The average molecular weight is 336 g/mol. The summed E-state index contributed by atoms with van der Waals surface area (Å²) in [4.78, 5) is 0. The third-order valence-corrected chi connectivity index (χ3v) is 7.00. The first-order valence-electron chi connectivity index (χ1n) is 9.91. The van der Waals surface area contributed by atoms with E-state index in [0.29, 0.717) is 5.92 Å². The Hall–Kier alpha value is -2.38. The lowest BCUT2D eigenvalue weighted by Gasteiger charge is -2.33. The Morgan fingerprint density at radius 3 is 2.77 bits per heavy atom. The molecule has 0 aromatic heterocycles. The van der Waals surface area contributed by atoms with Crippen LogP contribution in [-0.4, -0.2) is 6.61 Å². The van der Waals surface area contributed by atoms with Gasteiger partial charge in [0.15, 0.2) is 0 Å². The molecule has 3 aromatic carbocycles. The summed E-state index contributed by atoms with van der Waals surface area (Å²) in [7, 11) is 0. The van der Waals surface area contributed by atoms with Gasteiger partial charge in [-0.05, 0) is 86.2 Å². The molecule has 0 N–H and O–H groups in total. The lowest BCUT2D eigenvalue weighted by Crippen LogP contribution is -2.18. The SMILES string of the molecule is C1=CC2COCc3ccc4c(c1c1c5c6c(ccc54)CCCC6=CC1)c32. The van der Waals surface area contributed by atoms with Gasteiger partial charge in [-0.25, -0.2) is 0 Å². The third-order valence-electron chi connectivity index (χ3n) is 7.00. The summed E-state index contributed by atoms with van der Waals surface area (Å²) >= 11 is 0. The predicted molar refractivity (Wildman–Crippen MR) is 108 cm³/mol. The van der Waals surface area contributed by atoms with Gasteiger partial charge in [0, 0.05) is 5.92 Å². The van der Waals surface area contributed by atoms with Crippen LogP contribution in [0.1, 0.15) is 52.1 Å². The standard InChI is InChI=1S/C25H20O/c1-2-14-4-8-18-20-10-6-16-12-26-13-17-7-11-21(25(20)23(16)17)19-9-5-15(3-1)22(14)24(18)19/h4-8,10-11,17H,1-3,9,12-13H2. The molecule has 7 rings (SSSR count). The van der Waals surface area contributed by atoms with E-state index in [0.717, 1.165) is 19.6 Å². The summed E-state index contributed by atoms with van der Waals surface area (Å²) in [6.45, 7) is 1.58. The molecule has 0 amide bonds. The van der Waals surface area contributed by atoms with Crippen molar-refractivity contribution in [3.8, 4) is 0 Å². The van der Waals surface area contributed by atoms with Gasteiger partial charge in [-0.15, -0.1) is 0 Å². The zero-order chi connectivity index (χ0) is 16.8. The Morgan fingerprint density at radius 1 is 0.923 bits per heavy atom. The highest BCUT2D eigenvalue weighted by Gasteiger charge is 2.30. The van der Waals surface area contributed by atoms with Crippen molar-refractivity contribution >= 4 is 33.2 Å². The van der Waals surface area contributed by atoms with E-state index in [1.165, 1.54) is 52.1 Å². The molecule has 3 aromatic rings. The smallest absolute Gasteiger partial charge is 0.0720 e. The fraction of sp³-hybridized carbons (Fsp3) is 0.280. The van der Waals surface area contributed by atoms with Gasteiger partial charge in [0.25, 0.3) is 0 Å². The van der Waals surface area contributed by atoms with Gasteiger partial charge in [-0.1, -0.05) is 42.5 Å². The van der Waals surface area contributed by atoms with Crippen molar-refractivity contribution in [1.82, 2.24) is 0 Å². The fourth-order valence-electron chi connectivity index (χ4n) is 5.93. The number of fused-ring (bicyclic) bond motifs is 2. The minimum Gasteiger partial charge on any atom is -0.376 e. The number of hydrogen-bond acceptors (Lipinski definition) is 1. The molecule has 1 unspecified atom stereocenters. The third kappa shape index (κ3) is 1.53. The molecule has 26 heavy (non-hydrogen) atoms. The van der Waals surface area contributed by atoms with Gasteiger partial charge in [-0.3, -0.25) is 0 Å². The molecular weight excluding hydrogens is 316 g/mol. The van der Waals surface area contributed by atoms with E-state index < -0.39 is 0 Å². The van der Waals surface area contributed by atoms with E-state index in [4.69, 9.17) is 4.74 Å². The van der Waals surface area contributed by atoms with Crippen molar-refractivity contribution in [3.05, 3.63) is 69.8 Å². The number of hydrogen-bond donors (Lipinski definition) is 0. The zero-order valence-electron chi connectivity index (χ0n) is 14.8. The van der Waals surface area contributed by atoms with E-state index in [2.05, 4.69) is 42.5 Å². The minimum atomic E-state index is 0.423. The minimum absolute atomic E-state index is 0.423. The van der Waals surface area contributed by atoms with E-state index in [1.807, 2.05) is 0 Å². The van der Waals surface area contributed by atoms with Crippen molar-refractivity contribution in [3.63, 3.8) is 0 Å². The normalized spacial score (nSPS) is 22.0. The first-order chi connectivity index (χ1) is 12.9. The zero-order valence-corrected chi connectivity index (χ0v) is 14.8. The molecule has 1 heteroatoms. The van der Waals surface area contributed by atoms with E-state index in [1.54, 1.807) is 27.6 Å². The van der Waals surface area contributed by atoms with Crippen molar-refractivity contribution < 1.29 is 4.74 Å². The Bertz CT molecular complexity index is 1200. The molecule has 3 aliphatic carbocycles. The maximum Gasteiger partial charge on any atom is 0.0720 e. The molecule has 1 atom stereocenters. The first kappa shape index (κ1) is 13.8. The molecule has 1 aliphatic heterocycles. The van der Waals surface area contributed by atoms with Crippen molar-refractivity contribution in [2.24, 2.45) is 0 Å². The number of rotatable bonds is 0. The van der Waals surface area contributed by atoms with Crippen LogP contribution in [0, 0.1) is 0 Å². The molecule has 126 valence electrons. The lowest BCUT2D eigenvalue weighted by molar-refractivity contribution is 0.101. The molecule has 1 nitrogen and oxygen atoms in total. The number of aryl methyl sites for hydroxylation is 1. The van der Waals surface area contributed by atoms with Crippen LogP contribution in [0.5, 0.6) is 0 Å². The van der Waals surface area contributed by atoms with Gasteiger partial charge >= 0.3 is 0 Å². The van der Waals surface area contributed by atoms with Crippen LogP contribution < -0.4 is 0 Å². The maximum atomic E-state index is 5.84. The van der Waals surface area contributed by atoms with Gasteiger partial charge in [0.2, 0.25) is 0 Å². The first-order valence-corrected chi connectivity index (χ1v) is 9.91. The van der Waals surface area contributed by atoms with E-state index in [9.17, 15) is 0 Å². The topological polar surface area (TPSA) is 9.23 Å². The molecule has 0 fully saturated rings. The van der Waals surface area contributed by atoms with E-state index in [-0.39, 0.29) is 0 Å². The highest BCUT2D eigenvalue weighted by molar-refractivity contribution is 6.18. The van der Waals surface area contributed by atoms with Gasteiger partial charge in [0.1, 0.15) is 0 Å². The Morgan fingerprint density at radius 2 is 1.81 bits per heavy atom. The largest absolute Gasteiger partial charge is 0.376 e. The van der Waals surface area contributed by atoms with Crippen LogP contribution in [0.25, 0.3) is 33.2 Å². The molecule has 0 saturated heterocycles. The highest BCUT2D eigenvalue weighted by atomic mass is 16.5. The summed E-state index contributed by atoms with van der Waals surface area (Å²) < 4.78 is 5.84. The van der Waals surface area contributed by atoms with Crippen molar-refractivity contribution in [2.75, 3.05) is 6.61 Å². The second-order valence-corrected chi connectivity index (χ2v) is 8.24. The van der Waals surface area contributed by atoms with Crippen LogP contribution in [-0.2, 0) is 24.2 Å². The molecule has 0 radical (unpaired) electrons. The second-order valence-electron chi connectivity index (χ2n) is 8.24. The monoisotopic (exact) mass is 336 g/mol. The number of benzene rings is 3. The maximum absolute atomic E-state index is 5.84. The molecule has 4 aliphatic rings. The Balaban J connectivity index is 1.74. The van der Waals surface area contributed by atoms with Crippen LogP contribution in [0.2, 0.25) is 0 Å². The lowest BCUT2D eigenvalue weighted by atomic mass is 9.73. The summed E-state index contributed by atoms with van der Waals surface area (Å²) in [6.07, 6.45) is 12.2. The van der Waals surface area contributed by atoms with Crippen LogP contribution in [0.3, 0.4) is 0 Å². The summed E-state index contributed by atoms with van der Waals surface area (Å²) in [6, 6.07) is 9.48. The van der Waals surface area contributed by atoms with Crippen LogP contribution in [0.15, 0.2) is 36.4 Å². The summed E-state index contributed by atoms with van der Waals surface area (Å²) in [5, 5.41) is 5.97. The van der Waals surface area contributed by atoms with Gasteiger partial charge in [0.05, 0.1) is 13.2 Å². The Kier molecular flexibility index (Phi) is 2.47. The Labute approximate surface area is 153 Å². The summed E-state index contributed by atoms with van der Waals surface area (Å²) in [5.41, 5.74) is 10.7. The fourth-order valence-corrected chi connectivity index (χ4v) is 5.93. The molecule has 1 heterocycles. The van der Waals surface area contributed by atoms with Crippen molar-refractivity contribution in [1.29, 1.82) is 0 Å². The molecular formula is C25H20O. The van der Waals surface area contributed by atoms with Crippen LogP contribution in [0.4, 0.5) is 0 Å². The van der Waals surface area contributed by atoms with Crippen LogP contribution >= 0.6 is 0 Å². The van der Waals surface area contributed by atoms with Crippen molar-refractivity contribution in [2.45, 2.75) is 38.2 Å². The molecule has 0 bridgehead atoms. The molecule has 0 spiro atoms.